The van der Waals surface area contributed by atoms with E-state index in [0.717, 1.165) is 0 Å². The molecule has 1 heterocycles. The zero-order valence-corrected chi connectivity index (χ0v) is 10.8. The second-order valence-electron chi connectivity index (χ2n) is 4.36. The number of nitrogens with two attached hydrogens (primary N) is 1. The molecule has 1 aromatic carbocycles. The lowest BCUT2D eigenvalue weighted by atomic mass is 10.2. The topological polar surface area (TPSA) is 75.9 Å². The molecule has 0 aromatic heterocycles. The van der Waals surface area contributed by atoms with Crippen molar-refractivity contribution in [3.8, 4) is 5.75 Å². The fourth-order valence-corrected chi connectivity index (χ4v) is 1.87. The van der Waals surface area contributed by atoms with Crippen LogP contribution in [0.25, 0.3) is 0 Å². The predicted molar refractivity (Wildman–Crippen MR) is 71.0 cm³/mol. The Morgan fingerprint density at radius 2 is 2.05 bits per heavy atom. The van der Waals surface area contributed by atoms with Crippen LogP contribution in [-0.2, 0) is 9.59 Å². The second kappa shape index (κ2) is 5.71. The molecule has 19 heavy (non-hydrogen) atoms. The molecule has 1 fully saturated rings. The molecule has 1 aliphatic rings. The van der Waals surface area contributed by atoms with Gasteiger partial charge in [-0.15, -0.1) is 0 Å². The normalized spacial score (nSPS) is 15.9. The summed E-state index contributed by atoms with van der Waals surface area (Å²) in [6.07, 6.45) is 0. The van der Waals surface area contributed by atoms with Crippen molar-refractivity contribution in [2.24, 2.45) is 5.73 Å². The maximum atomic E-state index is 11.9. The summed E-state index contributed by atoms with van der Waals surface area (Å²) >= 11 is 0. The summed E-state index contributed by atoms with van der Waals surface area (Å²) in [5.74, 6) is 0.466. The number of ether oxygens (including phenoxy) is 1. The number of likely N-dealkylation sites (N-methyl/N-ethyl adjacent to an activating group) is 1. The second-order valence-corrected chi connectivity index (χ2v) is 4.36. The highest BCUT2D eigenvalue weighted by molar-refractivity contribution is 6.04. The van der Waals surface area contributed by atoms with Crippen molar-refractivity contribution in [3.63, 3.8) is 0 Å². The Morgan fingerprint density at radius 1 is 1.26 bits per heavy atom. The molecule has 0 radical (unpaired) electrons. The molecule has 1 saturated heterocycles. The number of carbonyl (C=O) groups excluding carboxylic acids is 2. The molecular formula is C13H17N3O3. The molecule has 0 aliphatic carbocycles. The summed E-state index contributed by atoms with van der Waals surface area (Å²) in [7, 11) is 1.62. The van der Waals surface area contributed by atoms with Crippen molar-refractivity contribution >= 4 is 17.5 Å². The fraction of sp³-hybridized carbons (Fsp3) is 0.385. The lowest BCUT2D eigenvalue weighted by Gasteiger charge is -2.31. The molecule has 0 saturated carbocycles. The zero-order valence-electron chi connectivity index (χ0n) is 10.8. The van der Waals surface area contributed by atoms with E-state index in [9.17, 15) is 9.59 Å². The molecule has 6 heteroatoms. The number of nitrogens with zero attached hydrogens (tertiary/aromatic N) is 2. The van der Waals surface area contributed by atoms with Gasteiger partial charge in [0.2, 0.25) is 11.8 Å². The monoisotopic (exact) mass is 263 g/mol. The number of carbonyl (C=O) groups is 2. The minimum Gasteiger partial charge on any atom is -0.492 e. The fourth-order valence-electron chi connectivity index (χ4n) is 1.87. The third-order valence-corrected chi connectivity index (χ3v) is 2.91. The molecule has 0 spiro atoms. The first kappa shape index (κ1) is 13.4. The van der Waals surface area contributed by atoms with Gasteiger partial charge in [0, 0.05) is 25.3 Å². The number of anilines is 1. The number of piperazine rings is 1. The lowest BCUT2D eigenvalue weighted by molar-refractivity contribution is -0.136. The molecule has 6 nitrogen and oxygen atoms in total. The molecule has 2 N–H and O–H groups in total. The first-order valence-electron chi connectivity index (χ1n) is 6.09. The number of hydrogen-bond acceptors (Lipinski definition) is 4. The molecule has 0 atom stereocenters. The van der Waals surface area contributed by atoms with Crippen molar-refractivity contribution in [3.05, 3.63) is 24.3 Å². The lowest BCUT2D eigenvalue weighted by Crippen LogP contribution is -2.52. The number of hydrogen-bond donors (Lipinski definition) is 1. The van der Waals surface area contributed by atoms with E-state index in [0.29, 0.717) is 24.6 Å². The average molecular weight is 263 g/mol. The van der Waals surface area contributed by atoms with Crippen LogP contribution in [0, 0.1) is 0 Å². The minimum atomic E-state index is -0.0990. The smallest absolute Gasteiger partial charge is 0.247 e. The van der Waals surface area contributed by atoms with Gasteiger partial charge in [0.15, 0.2) is 0 Å². The van der Waals surface area contributed by atoms with E-state index in [1.807, 2.05) is 0 Å². The van der Waals surface area contributed by atoms with Crippen LogP contribution in [0.4, 0.5) is 5.69 Å². The summed E-state index contributed by atoms with van der Waals surface area (Å²) in [5.41, 5.74) is 6.04. The Kier molecular flexibility index (Phi) is 4.01. The standard InChI is InChI=1S/C13H17N3O3/c1-15-8-13(18)16(9-12(15)17)10-3-2-4-11(7-10)19-6-5-14/h2-4,7H,5-6,8-9,14H2,1H3. The quantitative estimate of drug-likeness (QED) is 0.818. The van der Waals surface area contributed by atoms with Gasteiger partial charge in [-0.1, -0.05) is 6.07 Å². The molecule has 102 valence electrons. The average Bonchev–Trinajstić information content (AvgIpc) is 2.41. The van der Waals surface area contributed by atoms with Crippen LogP contribution in [0.2, 0.25) is 0 Å². The van der Waals surface area contributed by atoms with Gasteiger partial charge in [-0.2, -0.15) is 0 Å². The maximum Gasteiger partial charge on any atom is 0.247 e. The van der Waals surface area contributed by atoms with Crippen LogP contribution in [0.5, 0.6) is 5.75 Å². The summed E-state index contributed by atoms with van der Waals surface area (Å²) in [6, 6.07) is 7.11. The van der Waals surface area contributed by atoms with E-state index >= 15 is 0 Å². The van der Waals surface area contributed by atoms with Crippen LogP contribution in [-0.4, -0.2) is 50.0 Å². The van der Waals surface area contributed by atoms with Gasteiger partial charge >= 0.3 is 0 Å². The third-order valence-electron chi connectivity index (χ3n) is 2.91. The molecule has 2 amide bonds. The van der Waals surface area contributed by atoms with Crippen LogP contribution in [0.15, 0.2) is 24.3 Å². The Bertz CT molecular complexity index is 490. The van der Waals surface area contributed by atoms with Gasteiger partial charge in [-0.05, 0) is 12.1 Å². The molecule has 1 aromatic rings. The van der Waals surface area contributed by atoms with Crippen molar-refractivity contribution in [1.82, 2.24) is 4.90 Å². The Labute approximate surface area is 111 Å². The van der Waals surface area contributed by atoms with E-state index < -0.39 is 0 Å². The highest BCUT2D eigenvalue weighted by atomic mass is 16.5. The largest absolute Gasteiger partial charge is 0.492 e. The van der Waals surface area contributed by atoms with E-state index in [1.54, 1.807) is 31.3 Å². The molecule has 0 bridgehead atoms. The van der Waals surface area contributed by atoms with Crippen molar-refractivity contribution in [2.45, 2.75) is 0 Å². The van der Waals surface area contributed by atoms with E-state index in [1.165, 1.54) is 9.80 Å². The summed E-state index contributed by atoms with van der Waals surface area (Å²) in [6.45, 7) is 1.01. The number of rotatable bonds is 4. The van der Waals surface area contributed by atoms with Crippen LogP contribution in [0.3, 0.4) is 0 Å². The highest BCUT2D eigenvalue weighted by Crippen LogP contribution is 2.22. The minimum absolute atomic E-state index is 0.0652. The summed E-state index contributed by atoms with van der Waals surface area (Å²) < 4.78 is 5.41. The van der Waals surface area contributed by atoms with Crippen LogP contribution < -0.4 is 15.4 Å². The molecule has 2 rings (SSSR count). The Balaban J connectivity index is 2.16. The number of benzene rings is 1. The Hall–Kier alpha value is -2.08. The van der Waals surface area contributed by atoms with E-state index in [-0.39, 0.29) is 24.9 Å². The van der Waals surface area contributed by atoms with Gasteiger partial charge in [-0.3, -0.25) is 9.59 Å². The highest BCUT2D eigenvalue weighted by Gasteiger charge is 2.28. The van der Waals surface area contributed by atoms with E-state index in [2.05, 4.69) is 0 Å². The van der Waals surface area contributed by atoms with Gasteiger partial charge in [0.05, 0.1) is 6.54 Å². The van der Waals surface area contributed by atoms with Crippen molar-refractivity contribution in [1.29, 1.82) is 0 Å². The molecule has 1 aliphatic heterocycles. The van der Waals surface area contributed by atoms with E-state index in [4.69, 9.17) is 10.5 Å². The summed E-state index contributed by atoms with van der Waals surface area (Å²) in [4.78, 5) is 26.5. The SMILES string of the molecule is CN1CC(=O)N(c2cccc(OCCN)c2)CC1=O. The first-order chi connectivity index (χ1) is 9.11. The third kappa shape index (κ3) is 3.03. The predicted octanol–water partition coefficient (Wildman–Crippen LogP) is -0.171. The van der Waals surface area contributed by atoms with Gasteiger partial charge in [0.25, 0.3) is 0 Å². The van der Waals surface area contributed by atoms with Crippen LogP contribution >= 0.6 is 0 Å². The van der Waals surface area contributed by atoms with Crippen molar-refractivity contribution in [2.75, 3.05) is 38.2 Å². The summed E-state index contributed by atoms with van der Waals surface area (Å²) in [5, 5.41) is 0. The van der Waals surface area contributed by atoms with Gasteiger partial charge in [-0.25, -0.2) is 0 Å². The number of amides is 2. The molecule has 0 unspecified atom stereocenters. The Morgan fingerprint density at radius 3 is 2.79 bits per heavy atom. The molecular weight excluding hydrogens is 246 g/mol. The van der Waals surface area contributed by atoms with Gasteiger partial charge in [0.1, 0.15) is 18.9 Å². The van der Waals surface area contributed by atoms with Crippen molar-refractivity contribution < 1.29 is 14.3 Å². The zero-order chi connectivity index (χ0) is 13.8. The first-order valence-corrected chi connectivity index (χ1v) is 6.09. The van der Waals surface area contributed by atoms with Gasteiger partial charge < -0.3 is 20.3 Å². The maximum absolute atomic E-state index is 11.9. The van der Waals surface area contributed by atoms with Crippen LogP contribution in [0.1, 0.15) is 0 Å².